The van der Waals surface area contributed by atoms with Crippen LogP contribution >= 0.6 is 11.3 Å². The molecule has 4 rings (SSSR count). The maximum absolute atomic E-state index is 13.8. The molecule has 0 radical (unpaired) electrons. The van der Waals surface area contributed by atoms with E-state index < -0.39 is 0 Å². The molecule has 0 unspecified atom stereocenters. The number of rotatable bonds is 4. The average molecular weight is 440 g/mol. The lowest BCUT2D eigenvalue weighted by molar-refractivity contribution is 0.102. The molecule has 2 aromatic carbocycles. The number of hydrogen-bond acceptors (Lipinski definition) is 5. The van der Waals surface area contributed by atoms with Crippen LogP contribution in [0.3, 0.4) is 0 Å². The molecule has 1 aliphatic heterocycles. The summed E-state index contributed by atoms with van der Waals surface area (Å²) in [4.78, 5) is 26.9. The van der Waals surface area contributed by atoms with Crippen molar-refractivity contribution in [1.82, 2.24) is 15.1 Å². The van der Waals surface area contributed by atoms with Gasteiger partial charge >= 0.3 is 6.03 Å². The van der Waals surface area contributed by atoms with Gasteiger partial charge in [-0.05, 0) is 56.5 Å². The number of hydrogen-bond donors (Lipinski definition) is 2. The van der Waals surface area contributed by atoms with E-state index in [1.807, 2.05) is 31.2 Å². The van der Waals surface area contributed by atoms with E-state index in [2.05, 4.69) is 20.8 Å². The number of nitrogens with zero attached hydrogens (tertiary/aromatic N) is 3. The molecule has 0 saturated carbocycles. The summed E-state index contributed by atoms with van der Waals surface area (Å²) in [5.74, 6) is -0.708. The first-order valence-electron chi connectivity index (χ1n) is 9.96. The third kappa shape index (κ3) is 4.72. The van der Waals surface area contributed by atoms with E-state index in [9.17, 15) is 14.0 Å². The van der Waals surface area contributed by atoms with E-state index in [-0.39, 0.29) is 28.8 Å². The topological polar surface area (TPSA) is 87.2 Å². The van der Waals surface area contributed by atoms with Gasteiger partial charge in [-0.3, -0.25) is 4.79 Å². The van der Waals surface area contributed by atoms with Gasteiger partial charge in [-0.2, -0.15) is 0 Å². The fourth-order valence-corrected chi connectivity index (χ4v) is 4.30. The average Bonchev–Trinajstić information content (AvgIpc) is 3.42. The van der Waals surface area contributed by atoms with Crippen LogP contribution in [0.4, 0.5) is 20.6 Å². The summed E-state index contributed by atoms with van der Waals surface area (Å²) in [5, 5.41) is 14.6. The van der Waals surface area contributed by atoms with Crippen molar-refractivity contribution in [3.63, 3.8) is 0 Å². The number of carbonyl (C=O) groups excluding carboxylic acids is 2. The van der Waals surface area contributed by atoms with Gasteiger partial charge in [-0.25, -0.2) is 9.18 Å². The van der Waals surface area contributed by atoms with Crippen LogP contribution in [0.2, 0.25) is 0 Å². The van der Waals surface area contributed by atoms with E-state index in [0.717, 1.165) is 18.4 Å². The smallest absolute Gasteiger partial charge is 0.320 e. The van der Waals surface area contributed by atoms with Crippen molar-refractivity contribution < 1.29 is 14.0 Å². The quantitative estimate of drug-likeness (QED) is 0.604. The molecule has 0 spiro atoms. The molecule has 9 heteroatoms. The fourth-order valence-electron chi connectivity index (χ4n) is 3.41. The first kappa shape index (κ1) is 20.9. The highest BCUT2D eigenvalue weighted by molar-refractivity contribution is 7.13. The highest BCUT2D eigenvalue weighted by Gasteiger charge is 2.33. The Morgan fingerprint density at radius 1 is 1.06 bits per heavy atom. The number of carbonyl (C=O) groups is 2. The number of halogens is 1. The van der Waals surface area contributed by atoms with Crippen LogP contribution in [0.15, 0.2) is 42.5 Å². The predicted octanol–water partition coefficient (Wildman–Crippen LogP) is 4.92. The molecular formula is C22H22FN5O2S. The zero-order chi connectivity index (χ0) is 22.0. The summed E-state index contributed by atoms with van der Waals surface area (Å²) in [6.45, 7) is 4.19. The van der Waals surface area contributed by atoms with Gasteiger partial charge in [0.05, 0.1) is 6.04 Å². The van der Waals surface area contributed by atoms with Crippen LogP contribution in [0.25, 0.3) is 0 Å². The Hall–Kier alpha value is -3.33. The molecule has 3 amide bonds. The Morgan fingerprint density at radius 2 is 1.81 bits per heavy atom. The molecule has 1 aromatic heterocycles. The van der Waals surface area contributed by atoms with Crippen LogP contribution < -0.4 is 10.6 Å². The molecule has 1 aliphatic rings. The number of amides is 3. The summed E-state index contributed by atoms with van der Waals surface area (Å²) in [6.07, 6.45) is 1.54. The van der Waals surface area contributed by atoms with Crippen molar-refractivity contribution in [1.29, 1.82) is 0 Å². The molecule has 2 N–H and O–H groups in total. The number of benzene rings is 2. The first-order valence-corrected chi connectivity index (χ1v) is 10.8. The molecule has 0 aliphatic carbocycles. The van der Waals surface area contributed by atoms with Gasteiger partial charge in [0.1, 0.15) is 10.8 Å². The van der Waals surface area contributed by atoms with Gasteiger partial charge in [0.2, 0.25) is 5.01 Å². The Kier molecular flexibility index (Phi) is 5.94. The molecule has 31 heavy (non-hydrogen) atoms. The number of urea groups is 1. The third-order valence-electron chi connectivity index (χ3n) is 5.17. The van der Waals surface area contributed by atoms with Gasteiger partial charge in [-0.15, -0.1) is 10.2 Å². The van der Waals surface area contributed by atoms with Crippen LogP contribution in [0.5, 0.6) is 0 Å². The van der Waals surface area contributed by atoms with E-state index in [1.165, 1.54) is 17.4 Å². The van der Waals surface area contributed by atoms with Crippen molar-refractivity contribution in [2.24, 2.45) is 0 Å². The second-order valence-electron chi connectivity index (χ2n) is 7.51. The van der Waals surface area contributed by atoms with E-state index in [4.69, 9.17) is 0 Å². The highest BCUT2D eigenvalue weighted by atomic mass is 32.1. The lowest BCUT2D eigenvalue weighted by atomic mass is 10.2. The number of aryl methyl sites for hydroxylation is 2. The van der Waals surface area contributed by atoms with Gasteiger partial charge in [-0.1, -0.05) is 35.1 Å². The van der Waals surface area contributed by atoms with Crippen molar-refractivity contribution in [3.8, 4) is 0 Å². The van der Waals surface area contributed by atoms with Crippen LogP contribution in [0, 0.1) is 19.7 Å². The Labute approximate surface area is 183 Å². The summed E-state index contributed by atoms with van der Waals surface area (Å²) >= 11 is 1.18. The molecule has 1 atom stereocenters. The summed E-state index contributed by atoms with van der Waals surface area (Å²) in [5.41, 5.74) is 2.69. The molecule has 2 heterocycles. The minimum atomic E-state index is -0.371. The second-order valence-corrected chi connectivity index (χ2v) is 8.52. The first-order chi connectivity index (χ1) is 14.9. The maximum Gasteiger partial charge on any atom is 0.322 e. The zero-order valence-corrected chi connectivity index (χ0v) is 18.0. The fraction of sp³-hybridized carbons (Fsp3) is 0.273. The summed E-state index contributed by atoms with van der Waals surface area (Å²) < 4.78 is 13.8. The van der Waals surface area contributed by atoms with Crippen LogP contribution in [-0.2, 0) is 0 Å². The van der Waals surface area contributed by atoms with Crippen molar-refractivity contribution in [2.45, 2.75) is 32.7 Å². The molecule has 0 bridgehead atoms. The van der Waals surface area contributed by atoms with Gasteiger partial charge in [0.25, 0.3) is 5.91 Å². The summed E-state index contributed by atoms with van der Waals surface area (Å²) in [6, 6.07) is 11.5. The molecular weight excluding hydrogens is 417 g/mol. The van der Waals surface area contributed by atoms with Crippen LogP contribution in [0.1, 0.15) is 44.8 Å². The monoisotopic (exact) mass is 439 g/mol. The van der Waals surface area contributed by atoms with Crippen molar-refractivity contribution in [2.75, 3.05) is 17.2 Å². The lowest BCUT2D eigenvalue weighted by Crippen LogP contribution is -2.34. The Morgan fingerprint density at radius 3 is 2.55 bits per heavy atom. The lowest BCUT2D eigenvalue weighted by Gasteiger charge is -2.23. The normalized spacial score (nSPS) is 15.7. The standard InChI is InChI=1S/C22H22FN5O2S/c1-13-5-8-15(9-6-13)24-19(29)21-27-26-20(31-21)18-4-3-11-28(18)22(30)25-16-10-7-14(2)17(23)12-16/h5-10,12,18H,3-4,11H2,1-2H3,(H,24,29)(H,25,30)/t18-/m1/s1. The summed E-state index contributed by atoms with van der Waals surface area (Å²) in [7, 11) is 0. The number of aromatic nitrogens is 2. The predicted molar refractivity (Wildman–Crippen MR) is 118 cm³/mol. The van der Waals surface area contributed by atoms with Gasteiger partial charge in [0.15, 0.2) is 0 Å². The second kappa shape index (κ2) is 8.81. The minimum absolute atomic E-state index is 0.239. The zero-order valence-electron chi connectivity index (χ0n) is 17.2. The van der Waals surface area contributed by atoms with Gasteiger partial charge < -0.3 is 15.5 Å². The molecule has 3 aromatic rings. The number of likely N-dealkylation sites (tertiary alicyclic amines) is 1. The Bertz CT molecular complexity index is 1120. The molecule has 7 nitrogen and oxygen atoms in total. The molecule has 1 fully saturated rings. The van der Waals surface area contributed by atoms with E-state index in [0.29, 0.717) is 28.5 Å². The molecule has 160 valence electrons. The van der Waals surface area contributed by atoms with E-state index in [1.54, 1.807) is 24.0 Å². The minimum Gasteiger partial charge on any atom is -0.320 e. The van der Waals surface area contributed by atoms with Crippen LogP contribution in [-0.4, -0.2) is 33.6 Å². The van der Waals surface area contributed by atoms with Crippen molar-refractivity contribution in [3.05, 3.63) is 69.4 Å². The number of nitrogens with one attached hydrogen (secondary N) is 2. The molecule has 1 saturated heterocycles. The maximum atomic E-state index is 13.8. The van der Waals surface area contributed by atoms with E-state index >= 15 is 0 Å². The Balaban J connectivity index is 1.44. The van der Waals surface area contributed by atoms with Crippen molar-refractivity contribution >= 4 is 34.6 Å². The third-order valence-corrected chi connectivity index (χ3v) is 6.19. The van der Waals surface area contributed by atoms with Gasteiger partial charge in [0, 0.05) is 17.9 Å². The largest absolute Gasteiger partial charge is 0.322 e. The highest BCUT2D eigenvalue weighted by Crippen LogP contribution is 2.34. The number of anilines is 2. The SMILES string of the molecule is Cc1ccc(NC(=O)c2nnc([C@H]3CCCN3C(=O)Nc3ccc(C)c(F)c3)s2)cc1.